The number of nitrogens with zero attached hydrogens (tertiary/aromatic N) is 15. The molecule has 116 heavy (non-hydrogen) atoms. The van der Waals surface area contributed by atoms with Crippen molar-refractivity contribution in [2.75, 3.05) is 83.5 Å². The molecule has 9 heterocycles. The lowest BCUT2D eigenvalue weighted by Crippen LogP contribution is -2.35. The van der Waals surface area contributed by atoms with Gasteiger partial charge in [-0.25, -0.2) is 58.3 Å². The number of hydrogen-bond acceptors (Lipinski definition) is 19. The summed E-state index contributed by atoms with van der Waals surface area (Å²) in [6, 6.07) is 48.4. The molecule has 12 N–H and O–H groups in total. The molecule has 16 rings (SSSR count). The molecule has 3 saturated heterocycles. The molecule has 0 bridgehead atoms. The average molecular weight is 1570 g/mol. The van der Waals surface area contributed by atoms with Gasteiger partial charge in [-0.3, -0.25) is 9.59 Å². The summed E-state index contributed by atoms with van der Waals surface area (Å²) < 4.78 is 50.1. The maximum absolute atomic E-state index is 13.1. The first-order valence-corrected chi connectivity index (χ1v) is 37.7. The number of amides is 7. The van der Waals surface area contributed by atoms with Crippen LogP contribution in [0, 0.1) is 20.8 Å². The van der Waals surface area contributed by atoms with Crippen LogP contribution in [0.4, 0.5) is 73.4 Å². The summed E-state index contributed by atoms with van der Waals surface area (Å²) in [5, 5.41) is 27.3. The zero-order chi connectivity index (χ0) is 81.7. The third-order valence-electron chi connectivity index (χ3n) is 20.1. The number of likely N-dealkylation sites (tertiary alicyclic amines) is 3. The van der Waals surface area contributed by atoms with Gasteiger partial charge in [-0.05, 0) is 144 Å². The summed E-state index contributed by atoms with van der Waals surface area (Å²) in [4.78, 5) is 94.9. The van der Waals surface area contributed by atoms with Crippen LogP contribution >= 0.6 is 0 Å². The highest BCUT2D eigenvalue weighted by Crippen LogP contribution is 2.39. The number of fused-ring (bicyclic) bond motifs is 3. The molecule has 0 radical (unpaired) electrons. The number of aryl methyl sites for hydroxylation is 3. The second-order valence-corrected chi connectivity index (χ2v) is 29.9. The predicted molar refractivity (Wildman–Crippen MR) is 440 cm³/mol. The van der Waals surface area contributed by atoms with Crippen LogP contribution in [0.5, 0.6) is 0 Å². The van der Waals surface area contributed by atoms with Gasteiger partial charge in [-0.15, -0.1) is 0 Å². The molecule has 6 aromatic heterocycles. The molecule has 3 aliphatic heterocycles. The Labute approximate surface area is 664 Å². The van der Waals surface area contributed by atoms with E-state index in [-0.39, 0.29) is 53.6 Å². The molecule has 3 aliphatic rings. The number of aromatic nitrogens is 12. The van der Waals surface area contributed by atoms with Crippen molar-refractivity contribution in [3.63, 3.8) is 0 Å². The quantitative estimate of drug-likeness (QED) is 0.0469. The van der Waals surface area contributed by atoms with Gasteiger partial charge in [0.25, 0.3) is 0 Å². The molecule has 32 heteroatoms. The SMILES string of the molecule is Cc1cccc(CC(=O)N2CC[C@@H](n3nc(-c4ccc(N)cc4)c4c(N)ncnc43)C2)c1.Cc1cccc(CC(=O)N2CC[C@@H](n3nc(-c4ccc(NC(=O)Nc5cccc(C(F)(F)F)c5)cc4)c4c(N)ncnc43)C2)c1.Cc1cccc(NC(=O)Nc2ccc(-c3nn([C@H]4CCN(C(=O)OC(C)(C)C)C4)c4ncnc(N)c34)cc2)c1. The van der Waals surface area contributed by atoms with Crippen molar-refractivity contribution < 1.29 is 41.9 Å². The van der Waals surface area contributed by atoms with E-state index in [4.69, 9.17) is 43.0 Å². The molecule has 13 aromatic rings. The summed E-state index contributed by atoms with van der Waals surface area (Å²) in [5.74, 6) is 1.15. The lowest BCUT2D eigenvalue weighted by Gasteiger charge is -2.24. The highest BCUT2D eigenvalue weighted by atomic mass is 19.4. The molecule has 594 valence electrons. The number of hydrogen-bond donors (Lipinski definition) is 8. The molecule has 3 atom stereocenters. The van der Waals surface area contributed by atoms with Crippen molar-refractivity contribution in [1.29, 1.82) is 0 Å². The van der Waals surface area contributed by atoms with Crippen molar-refractivity contribution in [1.82, 2.24) is 73.9 Å². The number of carbonyl (C=O) groups excluding carboxylic acids is 5. The number of urea groups is 2. The lowest BCUT2D eigenvalue weighted by atomic mass is 10.1. The average Bonchev–Trinajstić information content (AvgIpc) is 1.62. The van der Waals surface area contributed by atoms with Gasteiger partial charge in [0.2, 0.25) is 11.8 Å². The van der Waals surface area contributed by atoms with Crippen LogP contribution in [0.1, 0.15) is 91.5 Å². The number of nitrogen functional groups attached to an aromatic ring is 4. The molecule has 7 aromatic carbocycles. The normalized spacial score (nSPS) is 15.4. The molecule has 29 nitrogen and oxygen atoms in total. The molecule has 3 fully saturated rings. The Bertz CT molecular complexity index is 5830. The van der Waals surface area contributed by atoms with E-state index in [1.54, 1.807) is 46.0 Å². The smallest absolute Gasteiger partial charge is 0.416 e. The Morgan fingerprint density at radius 1 is 0.431 bits per heavy atom. The van der Waals surface area contributed by atoms with E-state index in [9.17, 15) is 37.1 Å². The minimum atomic E-state index is -4.52. The van der Waals surface area contributed by atoms with Crippen LogP contribution in [-0.4, -0.2) is 149 Å². The van der Waals surface area contributed by atoms with Crippen molar-refractivity contribution in [3.05, 3.63) is 222 Å². The number of benzene rings is 7. The van der Waals surface area contributed by atoms with E-state index >= 15 is 0 Å². The second kappa shape index (κ2) is 33.3. The number of anilines is 8. The topological polar surface area (TPSA) is 387 Å². The fraction of sp³-hybridized carbons (Fsp3) is 0.262. The Kier molecular flexibility index (Phi) is 22.6. The Balaban J connectivity index is 0.000000145. The third-order valence-corrected chi connectivity index (χ3v) is 20.1. The van der Waals surface area contributed by atoms with Crippen LogP contribution in [0.3, 0.4) is 0 Å². The number of rotatable bonds is 14. The van der Waals surface area contributed by atoms with Gasteiger partial charge in [-0.1, -0.05) is 114 Å². The first-order valence-electron chi connectivity index (χ1n) is 37.7. The first-order chi connectivity index (χ1) is 55.6. The minimum absolute atomic E-state index is 0.00812. The maximum atomic E-state index is 13.1. The van der Waals surface area contributed by atoms with Crippen LogP contribution in [0.25, 0.3) is 66.9 Å². The van der Waals surface area contributed by atoms with E-state index < -0.39 is 23.4 Å². The van der Waals surface area contributed by atoms with Crippen LogP contribution in [0.15, 0.2) is 189 Å². The fourth-order valence-corrected chi connectivity index (χ4v) is 14.5. The minimum Gasteiger partial charge on any atom is -0.444 e. The van der Waals surface area contributed by atoms with Crippen molar-refractivity contribution in [2.45, 2.75) is 104 Å². The number of nitrogens with two attached hydrogens (primary N) is 4. The standard InChI is InChI=1S/C32H29F3N8O2.C28H32N8O3.C24H25N7O/c1-19-4-2-5-20(14-19)15-26(44)42-13-12-25(17-42)43-30-27(29(36)37-18-38-30)28(41-43)21-8-10-23(11-9-21)39-31(45)40-24-7-3-6-22(16-24)32(33,34)35;1-17-6-5-7-20(14-17)33-26(37)32-19-10-8-18(9-11-19)23-22-24(29)30-16-31-25(22)36(34-23)21-12-13-35(15-21)27(38)39-28(2,3)4;1-15-3-2-4-16(11-15)12-20(32)30-10-9-19(13-30)31-24-21(23(26)27-14-28-24)22(29-31)17-5-7-18(25)8-6-17/h2-11,14,16,18,25H,12-13,15,17H2,1H3,(H2,36,37,38)(H2,39,40,45);5-11,14,16,21H,12-13,15H2,1-4H3,(H2,29,30,31)(H2,32,33,37);2-8,11,14,19H,9-10,12-13,25H2,1H3,(H2,26,27,28)/t25-;21-;19-/m101/s1. The largest absolute Gasteiger partial charge is 0.444 e. The third kappa shape index (κ3) is 18.2. The van der Waals surface area contributed by atoms with E-state index in [0.717, 1.165) is 68.6 Å². The van der Waals surface area contributed by atoms with Crippen LogP contribution in [0.2, 0.25) is 0 Å². The van der Waals surface area contributed by atoms with Crippen molar-refractivity contribution >= 4 is 109 Å². The Morgan fingerprint density at radius 3 is 1.17 bits per heavy atom. The molecule has 0 spiro atoms. The molecule has 0 aliphatic carbocycles. The van der Waals surface area contributed by atoms with E-state index in [1.165, 1.54) is 31.1 Å². The molecule has 7 amide bonds. The van der Waals surface area contributed by atoms with E-state index in [0.29, 0.717) is 144 Å². The van der Waals surface area contributed by atoms with Gasteiger partial charge in [-0.2, -0.15) is 28.5 Å². The van der Waals surface area contributed by atoms with Gasteiger partial charge in [0.1, 0.15) is 59.1 Å². The summed E-state index contributed by atoms with van der Waals surface area (Å²) in [6.07, 6.45) is 2.33. The maximum Gasteiger partial charge on any atom is 0.416 e. The van der Waals surface area contributed by atoms with Crippen LogP contribution < -0.4 is 44.2 Å². The fourth-order valence-electron chi connectivity index (χ4n) is 14.5. The van der Waals surface area contributed by atoms with Gasteiger partial charge in [0, 0.05) is 84.4 Å². The summed E-state index contributed by atoms with van der Waals surface area (Å²) >= 11 is 0. The van der Waals surface area contributed by atoms with Gasteiger partial charge >= 0.3 is 24.3 Å². The number of alkyl halides is 3. The Hall–Kier alpha value is -14.1. The van der Waals surface area contributed by atoms with E-state index in [1.807, 2.05) is 164 Å². The summed E-state index contributed by atoms with van der Waals surface area (Å²) in [7, 11) is 0. The van der Waals surface area contributed by atoms with E-state index in [2.05, 4.69) is 57.2 Å². The lowest BCUT2D eigenvalue weighted by molar-refractivity contribution is -0.137. The second-order valence-electron chi connectivity index (χ2n) is 29.9. The monoisotopic (exact) mass is 1570 g/mol. The van der Waals surface area contributed by atoms with Crippen molar-refractivity contribution in [3.8, 4) is 33.8 Å². The number of ether oxygens (including phenoxy) is 1. The molecular formula is C84H86F3N23O6. The zero-order valence-corrected chi connectivity index (χ0v) is 64.5. The summed E-state index contributed by atoms with van der Waals surface area (Å²) in [6.45, 7) is 14.9. The summed E-state index contributed by atoms with van der Waals surface area (Å²) in [5.41, 5.74) is 37.1. The molecule has 0 unspecified atom stereocenters. The number of carbonyl (C=O) groups is 5. The van der Waals surface area contributed by atoms with Gasteiger partial charge in [0.05, 0.1) is 52.7 Å². The molecule has 0 saturated carbocycles. The molecular weight excluding hydrogens is 1480 g/mol. The van der Waals surface area contributed by atoms with Crippen molar-refractivity contribution in [2.24, 2.45) is 0 Å². The highest BCUT2D eigenvalue weighted by Gasteiger charge is 2.36. The van der Waals surface area contributed by atoms with Gasteiger partial charge < -0.3 is 63.6 Å². The Morgan fingerprint density at radius 2 is 0.784 bits per heavy atom. The predicted octanol–water partition coefficient (Wildman–Crippen LogP) is 14.3. The highest BCUT2D eigenvalue weighted by molar-refractivity contribution is 6.03. The number of halogens is 3. The first kappa shape index (κ1) is 78.6. The number of nitrogens with one attached hydrogen (secondary N) is 4. The van der Waals surface area contributed by atoms with Gasteiger partial charge in [0.15, 0.2) is 16.9 Å². The zero-order valence-electron chi connectivity index (χ0n) is 64.5. The van der Waals surface area contributed by atoms with Crippen LogP contribution in [-0.2, 0) is 33.3 Å².